The van der Waals surface area contributed by atoms with E-state index in [4.69, 9.17) is 0 Å². The van der Waals surface area contributed by atoms with Crippen LogP contribution in [0, 0.1) is 11.7 Å². The first-order valence-electron chi connectivity index (χ1n) is 5.42. The van der Waals surface area contributed by atoms with Crippen molar-refractivity contribution < 1.29 is 14.0 Å². The Morgan fingerprint density at radius 3 is 2.82 bits per heavy atom. The van der Waals surface area contributed by atoms with Gasteiger partial charge in [0.25, 0.3) is 0 Å². The second-order valence-electron chi connectivity index (χ2n) is 3.90. The number of anilines is 1. The zero-order valence-electron chi connectivity index (χ0n) is 9.44. The van der Waals surface area contributed by atoms with Crippen molar-refractivity contribution in [3.05, 3.63) is 30.1 Å². The van der Waals surface area contributed by atoms with Gasteiger partial charge in [-0.15, -0.1) is 0 Å². The molecule has 1 N–H and O–H groups in total. The molecule has 2 amide bonds. The van der Waals surface area contributed by atoms with E-state index in [1.165, 1.54) is 18.0 Å². The number of hydrogen-bond acceptors (Lipinski definition) is 2. The molecule has 1 aromatic rings. The third-order valence-corrected chi connectivity index (χ3v) is 2.91. The van der Waals surface area contributed by atoms with Crippen molar-refractivity contribution in [2.45, 2.75) is 6.42 Å². The van der Waals surface area contributed by atoms with E-state index in [0.29, 0.717) is 13.0 Å². The Morgan fingerprint density at radius 1 is 1.47 bits per heavy atom. The minimum Gasteiger partial charge on any atom is -0.358 e. The van der Waals surface area contributed by atoms with Crippen LogP contribution in [0.3, 0.4) is 0 Å². The Labute approximate surface area is 98.4 Å². The first-order chi connectivity index (χ1) is 8.15. The Balaban J connectivity index is 2.24. The molecule has 0 spiro atoms. The fourth-order valence-electron chi connectivity index (χ4n) is 2.01. The summed E-state index contributed by atoms with van der Waals surface area (Å²) in [5.74, 6) is -1.79. The van der Waals surface area contributed by atoms with Gasteiger partial charge in [-0.1, -0.05) is 12.1 Å². The standard InChI is InChI=1S/C12H13FN2O2/c1-14-11(16)8-6-7-15(12(8)17)10-5-3-2-4-9(10)13/h2-5,8H,6-7H2,1H3,(H,14,16). The molecule has 5 heteroatoms. The molecule has 0 saturated carbocycles. The maximum absolute atomic E-state index is 13.5. The molecule has 1 unspecified atom stereocenters. The maximum atomic E-state index is 13.5. The Hall–Kier alpha value is -1.91. The molecule has 0 radical (unpaired) electrons. The van der Waals surface area contributed by atoms with Gasteiger partial charge in [0.1, 0.15) is 11.7 Å². The molecular weight excluding hydrogens is 223 g/mol. The highest BCUT2D eigenvalue weighted by molar-refractivity contribution is 6.09. The van der Waals surface area contributed by atoms with Gasteiger partial charge >= 0.3 is 0 Å². The van der Waals surface area contributed by atoms with Gasteiger partial charge in [-0.2, -0.15) is 0 Å². The number of carbonyl (C=O) groups excluding carboxylic acids is 2. The van der Waals surface area contributed by atoms with Crippen molar-refractivity contribution >= 4 is 17.5 Å². The highest BCUT2D eigenvalue weighted by Gasteiger charge is 2.37. The van der Waals surface area contributed by atoms with Crippen molar-refractivity contribution in [3.8, 4) is 0 Å². The topological polar surface area (TPSA) is 49.4 Å². The highest BCUT2D eigenvalue weighted by atomic mass is 19.1. The zero-order chi connectivity index (χ0) is 12.4. The summed E-state index contributed by atoms with van der Waals surface area (Å²) in [6.07, 6.45) is 0.423. The third kappa shape index (κ3) is 2.00. The van der Waals surface area contributed by atoms with Gasteiger partial charge < -0.3 is 10.2 Å². The number of nitrogens with zero attached hydrogens (tertiary/aromatic N) is 1. The quantitative estimate of drug-likeness (QED) is 0.776. The van der Waals surface area contributed by atoms with Crippen LogP contribution in [0.1, 0.15) is 6.42 Å². The van der Waals surface area contributed by atoms with Crippen molar-refractivity contribution in [1.29, 1.82) is 0 Å². The largest absolute Gasteiger partial charge is 0.358 e. The number of carbonyl (C=O) groups is 2. The fourth-order valence-corrected chi connectivity index (χ4v) is 2.01. The number of rotatable bonds is 2. The number of amides is 2. The molecule has 1 aliphatic rings. The van der Waals surface area contributed by atoms with E-state index in [2.05, 4.69) is 5.32 Å². The molecule has 1 saturated heterocycles. The van der Waals surface area contributed by atoms with E-state index in [9.17, 15) is 14.0 Å². The molecule has 1 aliphatic heterocycles. The van der Waals surface area contributed by atoms with Gasteiger partial charge in [0, 0.05) is 13.6 Å². The van der Waals surface area contributed by atoms with Crippen LogP contribution in [0.15, 0.2) is 24.3 Å². The molecule has 17 heavy (non-hydrogen) atoms. The number of nitrogens with one attached hydrogen (secondary N) is 1. The first kappa shape index (κ1) is 11.6. The molecule has 0 aromatic heterocycles. The SMILES string of the molecule is CNC(=O)C1CCN(c2ccccc2F)C1=O. The molecule has 1 heterocycles. The molecule has 1 aromatic carbocycles. The molecule has 4 nitrogen and oxygen atoms in total. The van der Waals surface area contributed by atoms with E-state index in [0.717, 1.165) is 0 Å². The minimum atomic E-state index is -0.695. The predicted molar refractivity (Wildman–Crippen MR) is 60.9 cm³/mol. The lowest BCUT2D eigenvalue weighted by molar-refractivity contribution is -0.131. The fraction of sp³-hybridized carbons (Fsp3) is 0.333. The average molecular weight is 236 g/mol. The van der Waals surface area contributed by atoms with Crippen LogP contribution < -0.4 is 10.2 Å². The number of halogens is 1. The van der Waals surface area contributed by atoms with Gasteiger partial charge in [-0.05, 0) is 18.6 Å². The van der Waals surface area contributed by atoms with Crippen molar-refractivity contribution in [2.24, 2.45) is 5.92 Å². The first-order valence-corrected chi connectivity index (χ1v) is 5.42. The minimum absolute atomic E-state index is 0.240. The van der Waals surface area contributed by atoms with E-state index in [1.807, 2.05) is 0 Å². The summed E-state index contributed by atoms with van der Waals surface area (Å²) in [5.41, 5.74) is 0.240. The lowest BCUT2D eigenvalue weighted by Gasteiger charge is -2.17. The van der Waals surface area contributed by atoms with Gasteiger partial charge in [0.05, 0.1) is 5.69 Å². The van der Waals surface area contributed by atoms with Crippen LogP contribution in [-0.2, 0) is 9.59 Å². The smallest absolute Gasteiger partial charge is 0.239 e. The van der Waals surface area contributed by atoms with Crippen LogP contribution in [0.2, 0.25) is 0 Å². The Kier molecular flexibility index (Phi) is 3.08. The summed E-state index contributed by atoms with van der Waals surface area (Å²) in [4.78, 5) is 24.7. The lowest BCUT2D eigenvalue weighted by atomic mass is 10.1. The second-order valence-corrected chi connectivity index (χ2v) is 3.90. The van der Waals surface area contributed by atoms with Crippen LogP contribution in [0.5, 0.6) is 0 Å². The van der Waals surface area contributed by atoms with Gasteiger partial charge in [-0.3, -0.25) is 9.59 Å². The average Bonchev–Trinajstić information content (AvgIpc) is 2.71. The van der Waals surface area contributed by atoms with Crippen molar-refractivity contribution in [2.75, 3.05) is 18.5 Å². The zero-order valence-corrected chi connectivity index (χ0v) is 9.44. The van der Waals surface area contributed by atoms with Crippen molar-refractivity contribution in [3.63, 3.8) is 0 Å². The Morgan fingerprint density at radius 2 is 2.18 bits per heavy atom. The highest BCUT2D eigenvalue weighted by Crippen LogP contribution is 2.27. The molecule has 0 aliphatic carbocycles. The van der Waals surface area contributed by atoms with Crippen LogP contribution in [0.25, 0.3) is 0 Å². The summed E-state index contributed by atoms with van der Waals surface area (Å²) >= 11 is 0. The summed E-state index contributed by atoms with van der Waals surface area (Å²) in [7, 11) is 1.49. The van der Waals surface area contributed by atoms with Crippen molar-refractivity contribution in [1.82, 2.24) is 5.32 Å². The summed E-state index contributed by atoms with van der Waals surface area (Å²) in [6, 6.07) is 6.07. The Bertz CT molecular complexity index is 462. The number of para-hydroxylation sites is 1. The van der Waals surface area contributed by atoms with Crippen LogP contribution in [-0.4, -0.2) is 25.4 Å². The lowest BCUT2D eigenvalue weighted by Crippen LogP contribution is -2.35. The van der Waals surface area contributed by atoms with Gasteiger partial charge in [-0.25, -0.2) is 4.39 Å². The molecule has 2 rings (SSSR count). The van der Waals surface area contributed by atoms with Crippen LogP contribution >= 0.6 is 0 Å². The third-order valence-electron chi connectivity index (χ3n) is 2.91. The van der Waals surface area contributed by atoms with E-state index >= 15 is 0 Å². The van der Waals surface area contributed by atoms with E-state index in [1.54, 1.807) is 18.2 Å². The second kappa shape index (κ2) is 4.53. The summed E-state index contributed by atoms with van der Waals surface area (Å²) in [6.45, 7) is 0.373. The van der Waals surface area contributed by atoms with E-state index in [-0.39, 0.29) is 17.5 Å². The van der Waals surface area contributed by atoms with Gasteiger partial charge in [0.2, 0.25) is 11.8 Å². The van der Waals surface area contributed by atoms with Crippen LogP contribution in [0.4, 0.5) is 10.1 Å². The monoisotopic (exact) mass is 236 g/mol. The molecular formula is C12H13FN2O2. The predicted octanol–water partition coefficient (Wildman–Crippen LogP) is 0.925. The van der Waals surface area contributed by atoms with E-state index < -0.39 is 11.7 Å². The van der Waals surface area contributed by atoms with Gasteiger partial charge in [0.15, 0.2) is 0 Å². The summed E-state index contributed by atoms with van der Waals surface area (Å²) in [5, 5.41) is 2.44. The molecule has 0 bridgehead atoms. The molecule has 1 fully saturated rings. The normalized spacial score (nSPS) is 19.5. The number of hydrogen-bond donors (Lipinski definition) is 1. The molecule has 1 atom stereocenters. The summed E-state index contributed by atoms with van der Waals surface area (Å²) < 4.78 is 13.5. The number of benzene rings is 1. The molecule has 90 valence electrons. The maximum Gasteiger partial charge on any atom is 0.239 e.